The van der Waals surface area contributed by atoms with Crippen LogP contribution in [-0.2, 0) is 0 Å². The Labute approximate surface area is 149 Å². The first-order valence-corrected chi connectivity index (χ1v) is 8.75. The van der Waals surface area contributed by atoms with E-state index in [4.69, 9.17) is 4.74 Å². The second-order valence-corrected chi connectivity index (χ2v) is 6.77. The fraction of sp³-hybridized carbons (Fsp3) is 0.450. The summed E-state index contributed by atoms with van der Waals surface area (Å²) in [6.07, 6.45) is 5.68. The zero-order valence-corrected chi connectivity index (χ0v) is 15.1. The van der Waals surface area contributed by atoms with Gasteiger partial charge in [0.15, 0.2) is 0 Å². The Kier molecular flexibility index (Phi) is 5.18. The summed E-state index contributed by atoms with van der Waals surface area (Å²) in [6, 6.07) is 6.21. The van der Waals surface area contributed by atoms with Crippen LogP contribution in [0.3, 0.4) is 0 Å². The molecule has 1 saturated heterocycles. The molecular weight excluding hydrogens is 312 g/mol. The van der Waals surface area contributed by atoms with Crippen LogP contribution < -0.4 is 9.64 Å². The number of nitriles is 1. The average Bonchev–Trinajstić information content (AvgIpc) is 2.61. The number of anilines is 1. The number of hydrogen-bond donors (Lipinski definition) is 0. The maximum atomic E-state index is 9.47. The summed E-state index contributed by atoms with van der Waals surface area (Å²) in [6.45, 7) is 8.52. The fourth-order valence-corrected chi connectivity index (χ4v) is 3.33. The Morgan fingerprint density at radius 1 is 1.24 bits per heavy atom. The lowest BCUT2D eigenvalue weighted by molar-refractivity contribution is 0.221. The molecule has 3 rings (SSSR count). The van der Waals surface area contributed by atoms with Crippen LogP contribution in [0.5, 0.6) is 5.75 Å². The molecule has 5 nitrogen and oxygen atoms in total. The van der Waals surface area contributed by atoms with Crippen molar-refractivity contribution in [1.82, 2.24) is 9.97 Å². The van der Waals surface area contributed by atoms with E-state index in [1.165, 1.54) is 0 Å². The summed E-state index contributed by atoms with van der Waals surface area (Å²) < 4.78 is 5.97. The number of aryl methyl sites for hydroxylation is 3. The molecular formula is C20H24N4O. The standard InChI is InChI=1S/C20H24N4O/c1-14-10-16(3)23-20(18(14)11-21)24-8-5-17(6-9-24)13-25-19-4-7-22-12-15(19)2/h4,7,10,12,17H,5-6,8-9,13H2,1-3H3. The third-order valence-electron chi connectivity index (χ3n) is 4.79. The van der Waals surface area contributed by atoms with Crippen molar-refractivity contribution >= 4 is 5.82 Å². The van der Waals surface area contributed by atoms with Crippen LogP contribution >= 0.6 is 0 Å². The molecule has 130 valence electrons. The van der Waals surface area contributed by atoms with E-state index in [2.05, 4.69) is 20.9 Å². The lowest BCUT2D eigenvalue weighted by Crippen LogP contribution is -2.36. The molecule has 0 saturated carbocycles. The van der Waals surface area contributed by atoms with Crippen molar-refractivity contribution in [2.75, 3.05) is 24.6 Å². The van der Waals surface area contributed by atoms with E-state index in [9.17, 15) is 5.26 Å². The Morgan fingerprint density at radius 2 is 2.00 bits per heavy atom. The summed E-state index contributed by atoms with van der Waals surface area (Å²) in [5, 5.41) is 9.47. The molecule has 0 bridgehead atoms. The molecule has 2 aromatic rings. The topological polar surface area (TPSA) is 62.0 Å². The van der Waals surface area contributed by atoms with E-state index in [1.54, 1.807) is 6.20 Å². The lowest BCUT2D eigenvalue weighted by atomic mass is 9.97. The van der Waals surface area contributed by atoms with Crippen molar-refractivity contribution < 1.29 is 4.74 Å². The SMILES string of the molecule is Cc1cc(C)c(C#N)c(N2CCC(COc3ccncc3C)CC2)n1. The summed E-state index contributed by atoms with van der Waals surface area (Å²) >= 11 is 0. The molecule has 0 atom stereocenters. The van der Waals surface area contributed by atoms with Gasteiger partial charge in [-0.3, -0.25) is 4.98 Å². The molecule has 2 aromatic heterocycles. The molecule has 1 aliphatic heterocycles. The Bertz CT molecular complexity index is 789. The summed E-state index contributed by atoms with van der Waals surface area (Å²) in [5.41, 5.74) is 3.74. The molecule has 0 amide bonds. The van der Waals surface area contributed by atoms with Gasteiger partial charge >= 0.3 is 0 Å². The van der Waals surface area contributed by atoms with E-state index < -0.39 is 0 Å². The van der Waals surface area contributed by atoms with Gasteiger partial charge in [-0.25, -0.2) is 4.98 Å². The van der Waals surface area contributed by atoms with Crippen LogP contribution in [0.1, 0.15) is 35.2 Å². The third-order valence-corrected chi connectivity index (χ3v) is 4.79. The fourth-order valence-electron chi connectivity index (χ4n) is 3.33. The predicted octanol–water partition coefficient (Wildman–Crippen LogP) is 3.57. The van der Waals surface area contributed by atoms with Crippen molar-refractivity contribution in [3.05, 3.63) is 46.9 Å². The normalized spacial score (nSPS) is 15.0. The maximum absolute atomic E-state index is 9.47. The highest BCUT2D eigenvalue weighted by Crippen LogP contribution is 2.27. The Balaban J connectivity index is 1.61. The number of ether oxygens (including phenoxy) is 1. The maximum Gasteiger partial charge on any atom is 0.147 e. The van der Waals surface area contributed by atoms with Crippen molar-refractivity contribution in [1.29, 1.82) is 5.26 Å². The summed E-state index contributed by atoms with van der Waals surface area (Å²) in [7, 11) is 0. The summed E-state index contributed by atoms with van der Waals surface area (Å²) in [5.74, 6) is 2.28. The number of aromatic nitrogens is 2. The minimum Gasteiger partial charge on any atom is -0.493 e. The highest BCUT2D eigenvalue weighted by molar-refractivity contribution is 5.58. The number of piperidine rings is 1. The van der Waals surface area contributed by atoms with Crippen LogP contribution in [0.2, 0.25) is 0 Å². The van der Waals surface area contributed by atoms with Crippen molar-refractivity contribution in [2.45, 2.75) is 33.6 Å². The zero-order valence-electron chi connectivity index (χ0n) is 15.1. The van der Waals surface area contributed by atoms with Crippen LogP contribution in [-0.4, -0.2) is 29.7 Å². The van der Waals surface area contributed by atoms with E-state index >= 15 is 0 Å². The minimum atomic E-state index is 0.528. The Hall–Kier alpha value is -2.61. The van der Waals surface area contributed by atoms with Crippen LogP contribution in [0.4, 0.5) is 5.82 Å². The molecule has 1 fully saturated rings. The van der Waals surface area contributed by atoms with Gasteiger partial charge in [0, 0.05) is 36.7 Å². The molecule has 0 spiro atoms. The monoisotopic (exact) mass is 336 g/mol. The highest BCUT2D eigenvalue weighted by Gasteiger charge is 2.23. The van der Waals surface area contributed by atoms with Gasteiger partial charge in [-0.2, -0.15) is 5.26 Å². The van der Waals surface area contributed by atoms with Crippen LogP contribution in [0, 0.1) is 38.0 Å². The number of pyridine rings is 2. The molecule has 3 heterocycles. The molecule has 25 heavy (non-hydrogen) atoms. The van der Waals surface area contributed by atoms with E-state index in [0.717, 1.165) is 60.9 Å². The van der Waals surface area contributed by atoms with Gasteiger partial charge in [0.1, 0.15) is 17.6 Å². The van der Waals surface area contributed by atoms with Crippen LogP contribution in [0.15, 0.2) is 24.5 Å². The molecule has 1 aliphatic rings. The van der Waals surface area contributed by atoms with Gasteiger partial charge in [-0.05, 0) is 57.2 Å². The van der Waals surface area contributed by atoms with Gasteiger partial charge in [0.2, 0.25) is 0 Å². The van der Waals surface area contributed by atoms with E-state index in [1.807, 2.05) is 39.1 Å². The molecule has 0 radical (unpaired) electrons. The third kappa shape index (κ3) is 3.90. The second-order valence-electron chi connectivity index (χ2n) is 6.77. The van der Waals surface area contributed by atoms with Crippen molar-refractivity contribution in [2.24, 2.45) is 5.92 Å². The number of rotatable bonds is 4. The molecule has 0 aliphatic carbocycles. The van der Waals surface area contributed by atoms with Gasteiger partial charge in [0.05, 0.1) is 12.2 Å². The zero-order chi connectivity index (χ0) is 17.8. The Morgan fingerprint density at radius 3 is 2.68 bits per heavy atom. The highest BCUT2D eigenvalue weighted by atomic mass is 16.5. The largest absolute Gasteiger partial charge is 0.493 e. The molecule has 0 N–H and O–H groups in total. The molecule has 0 aromatic carbocycles. The van der Waals surface area contributed by atoms with Crippen molar-refractivity contribution in [3.8, 4) is 11.8 Å². The quantitative estimate of drug-likeness (QED) is 0.854. The molecule has 5 heteroatoms. The number of hydrogen-bond acceptors (Lipinski definition) is 5. The van der Waals surface area contributed by atoms with Crippen molar-refractivity contribution in [3.63, 3.8) is 0 Å². The van der Waals surface area contributed by atoms with Gasteiger partial charge in [0.25, 0.3) is 0 Å². The number of nitrogens with zero attached hydrogens (tertiary/aromatic N) is 4. The van der Waals surface area contributed by atoms with E-state index in [-0.39, 0.29) is 0 Å². The second kappa shape index (κ2) is 7.52. The van der Waals surface area contributed by atoms with Crippen LogP contribution in [0.25, 0.3) is 0 Å². The summed E-state index contributed by atoms with van der Waals surface area (Å²) in [4.78, 5) is 11.0. The smallest absolute Gasteiger partial charge is 0.147 e. The van der Waals surface area contributed by atoms with Gasteiger partial charge in [-0.15, -0.1) is 0 Å². The van der Waals surface area contributed by atoms with Gasteiger partial charge < -0.3 is 9.64 Å². The first-order valence-electron chi connectivity index (χ1n) is 8.75. The average molecular weight is 336 g/mol. The first-order chi connectivity index (χ1) is 12.1. The lowest BCUT2D eigenvalue weighted by Gasteiger charge is -2.33. The predicted molar refractivity (Wildman–Crippen MR) is 97.8 cm³/mol. The molecule has 0 unspecified atom stereocenters. The van der Waals surface area contributed by atoms with E-state index in [0.29, 0.717) is 11.5 Å². The van der Waals surface area contributed by atoms with Gasteiger partial charge in [-0.1, -0.05) is 0 Å². The minimum absolute atomic E-state index is 0.528. The first kappa shape index (κ1) is 17.2.